The summed E-state index contributed by atoms with van der Waals surface area (Å²) in [5.41, 5.74) is 5.12. The monoisotopic (exact) mass is 458 g/mol. The van der Waals surface area contributed by atoms with Crippen LogP contribution >= 0.6 is 0 Å². The maximum Gasteiger partial charge on any atom is 0.119 e. The van der Waals surface area contributed by atoms with Gasteiger partial charge in [0.05, 0.1) is 13.2 Å². The van der Waals surface area contributed by atoms with Crippen molar-refractivity contribution in [1.29, 1.82) is 0 Å². The van der Waals surface area contributed by atoms with E-state index in [0.717, 1.165) is 37.6 Å². The Morgan fingerprint density at radius 2 is 0.882 bits per heavy atom. The smallest absolute Gasteiger partial charge is 0.119 e. The molecule has 2 heteroatoms. The second-order valence-electron chi connectivity index (χ2n) is 9.30. The Balaban J connectivity index is 1.71. The van der Waals surface area contributed by atoms with Gasteiger partial charge in [0.25, 0.3) is 0 Å². The van der Waals surface area contributed by atoms with Gasteiger partial charge in [-0.05, 0) is 60.7 Å². The first kappa shape index (κ1) is 25.9. The van der Waals surface area contributed by atoms with E-state index in [1.807, 2.05) is 0 Å². The van der Waals surface area contributed by atoms with Crippen LogP contribution in [0, 0.1) is 6.92 Å². The zero-order valence-electron chi connectivity index (χ0n) is 21.4. The minimum Gasteiger partial charge on any atom is -0.494 e. The third-order valence-electron chi connectivity index (χ3n) is 6.37. The molecule has 0 aliphatic carbocycles. The SMILES string of the molecule is CCCCCCOc1ccc(C(c2ccc(C)cc2)c2ccc(OCCCCCC)cc2)cc1. The first-order valence-corrected chi connectivity index (χ1v) is 13.2. The fourth-order valence-electron chi connectivity index (χ4n) is 4.29. The molecule has 0 aromatic heterocycles. The molecule has 0 heterocycles. The Morgan fingerprint density at radius 3 is 1.26 bits per heavy atom. The van der Waals surface area contributed by atoms with E-state index < -0.39 is 0 Å². The molecule has 3 rings (SSSR count). The second kappa shape index (κ2) is 14.5. The summed E-state index contributed by atoms with van der Waals surface area (Å²) in [7, 11) is 0. The highest BCUT2D eigenvalue weighted by atomic mass is 16.5. The highest BCUT2D eigenvalue weighted by Crippen LogP contribution is 2.34. The summed E-state index contributed by atoms with van der Waals surface area (Å²) in [6.45, 7) is 8.19. The zero-order chi connectivity index (χ0) is 24.0. The van der Waals surface area contributed by atoms with Crippen LogP contribution < -0.4 is 9.47 Å². The van der Waals surface area contributed by atoms with Crippen LogP contribution in [0.2, 0.25) is 0 Å². The van der Waals surface area contributed by atoms with Crippen LogP contribution in [-0.4, -0.2) is 13.2 Å². The van der Waals surface area contributed by atoms with E-state index in [2.05, 4.69) is 93.6 Å². The Hall–Kier alpha value is -2.74. The molecule has 2 nitrogen and oxygen atoms in total. The van der Waals surface area contributed by atoms with E-state index in [1.54, 1.807) is 0 Å². The van der Waals surface area contributed by atoms with E-state index in [9.17, 15) is 0 Å². The Labute approximate surface area is 207 Å². The van der Waals surface area contributed by atoms with E-state index >= 15 is 0 Å². The molecule has 3 aromatic rings. The van der Waals surface area contributed by atoms with Crippen molar-refractivity contribution < 1.29 is 9.47 Å². The lowest BCUT2D eigenvalue weighted by atomic mass is 9.85. The molecule has 0 aliphatic heterocycles. The van der Waals surface area contributed by atoms with Gasteiger partial charge in [0.1, 0.15) is 11.5 Å². The predicted octanol–water partition coefficient (Wildman–Crippen LogP) is 9.09. The number of rotatable bonds is 15. The Kier molecular flexibility index (Phi) is 11.0. The van der Waals surface area contributed by atoms with E-state index in [0.29, 0.717) is 0 Å². The van der Waals surface area contributed by atoms with Crippen molar-refractivity contribution in [2.24, 2.45) is 0 Å². The van der Waals surface area contributed by atoms with Crippen LogP contribution in [0.5, 0.6) is 11.5 Å². The maximum atomic E-state index is 5.98. The van der Waals surface area contributed by atoms with Crippen LogP contribution in [0.4, 0.5) is 0 Å². The molecule has 182 valence electrons. The summed E-state index contributed by atoms with van der Waals surface area (Å²) in [6, 6.07) is 26.2. The van der Waals surface area contributed by atoms with Crippen molar-refractivity contribution in [3.63, 3.8) is 0 Å². The normalized spacial score (nSPS) is 11.1. The number of hydrogen-bond donors (Lipinski definition) is 0. The fraction of sp³-hybridized carbons (Fsp3) is 0.438. The molecule has 34 heavy (non-hydrogen) atoms. The molecular formula is C32H42O2. The van der Waals surface area contributed by atoms with Gasteiger partial charge in [-0.25, -0.2) is 0 Å². The molecule has 0 spiro atoms. The van der Waals surface area contributed by atoms with Crippen LogP contribution in [0.3, 0.4) is 0 Å². The minimum absolute atomic E-state index is 0.179. The molecule has 0 fully saturated rings. The molecule has 0 atom stereocenters. The summed E-state index contributed by atoms with van der Waals surface area (Å²) >= 11 is 0. The molecule has 0 amide bonds. The number of unbranched alkanes of at least 4 members (excludes halogenated alkanes) is 6. The molecule has 0 unspecified atom stereocenters. The summed E-state index contributed by atoms with van der Waals surface area (Å²) < 4.78 is 12.0. The topological polar surface area (TPSA) is 18.5 Å². The summed E-state index contributed by atoms with van der Waals surface area (Å²) in [5.74, 6) is 2.09. The average Bonchev–Trinajstić information content (AvgIpc) is 2.87. The lowest BCUT2D eigenvalue weighted by Gasteiger charge is -2.20. The molecular weight excluding hydrogens is 416 g/mol. The third-order valence-corrected chi connectivity index (χ3v) is 6.37. The molecule has 0 N–H and O–H groups in total. The molecule has 0 aliphatic rings. The van der Waals surface area contributed by atoms with Gasteiger partial charge in [0.15, 0.2) is 0 Å². The first-order chi connectivity index (χ1) is 16.7. The minimum atomic E-state index is 0.179. The first-order valence-electron chi connectivity index (χ1n) is 13.2. The van der Waals surface area contributed by atoms with Crippen LogP contribution in [-0.2, 0) is 0 Å². The summed E-state index contributed by atoms with van der Waals surface area (Å²) in [6.07, 6.45) is 9.78. The summed E-state index contributed by atoms with van der Waals surface area (Å²) in [4.78, 5) is 0. The zero-order valence-corrected chi connectivity index (χ0v) is 21.4. The number of benzene rings is 3. The van der Waals surface area contributed by atoms with E-state index in [1.165, 1.54) is 60.8 Å². The quantitative estimate of drug-likeness (QED) is 0.167. The van der Waals surface area contributed by atoms with E-state index in [4.69, 9.17) is 9.47 Å². The van der Waals surface area contributed by atoms with Gasteiger partial charge in [-0.1, -0.05) is 106 Å². The van der Waals surface area contributed by atoms with Crippen molar-refractivity contribution in [3.05, 3.63) is 95.1 Å². The Bertz CT molecular complexity index is 869. The number of ether oxygens (including phenoxy) is 2. The lowest BCUT2D eigenvalue weighted by Crippen LogP contribution is -2.04. The van der Waals surface area contributed by atoms with Crippen LogP contribution in [0.25, 0.3) is 0 Å². The van der Waals surface area contributed by atoms with Crippen molar-refractivity contribution in [2.45, 2.75) is 78.1 Å². The van der Waals surface area contributed by atoms with Gasteiger partial charge in [-0.15, -0.1) is 0 Å². The number of aryl methyl sites for hydroxylation is 1. The van der Waals surface area contributed by atoms with E-state index in [-0.39, 0.29) is 5.92 Å². The van der Waals surface area contributed by atoms with Gasteiger partial charge < -0.3 is 9.47 Å². The molecule has 0 saturated heterocycles. The largest absolute Gasteiger partial charge is 0.494 e. The van der Waals surface area contributed by atoms with Gasteiger partial charge >= 0.3 is 0 Å². The van der Waals surface area contributed by atoms with Crippen molar-refractivity contribution >= 4 is 0 Å². The molecule has 0 radical (unpaired) electrons. The van der Waals surface area contributed by atoms with Crippen molar-refractivity contribution in [3.8, 4) is 11.5 Å². The third kappa shape index (κ3) is 8.24. The fourth-order valence-corrected chi connectivity index (χ4v) is 4.29. The molecule has 3 aromatic carbocycles. The van der Waals surface area contributed by atoms with Gasteiger partial charge in [-0.2, -0.15) is 0 Å². The average molecular weight is 459 g/mol. The summed E-state index contributed by atoms with van der Waals surface area (Å²) in [5, 5.41) is 0. The Morgan fingerprint density at radius 1 is 0.500 bits per heavy atom. The van der Waals surface area contributed by atoms with Crippen LogP contribution in [0.1, 0.15) is 93.4 Å². The van der Waals surface area contributed by atoms with Gasteiger partial charge in [0.2, 0.25) is 0 Å². The van der Waals surface area contributed by atoms with Crippen molar-refractivity contribution in [2.75, 3.05) is 13.2 Å². The lowest BCUT2D eigenvalue weighted by molar-refractivity contribution is 0.305. The number of hydrogen-bond acceptors (Lipinski definition) is 2. The van der Waals surface area contributed by atoms with Gasteiger partial charge in [0, 0.05) is 5.92 Å². The second-order valence-corrected chi connectivity index (χ2v) is 9.30. The molecule has 0 saturated carbocycles. The highest BCUT2D eigenvalue weighted by molar-refractivity contribution is 5.46. The predicted molar refractivity (Wildman–Crippen MR) is 144 cm³/mol. The van der Waals surface area contributed by atoms with Crippen molar-refractivity contribution in [1.82, 2.24) is 0 Å². The highest BCUT2D eigenvalue weighted by Gasteiger charge is 2.17. The maximum absolute atomic E-state index is 5.98. The van der Waals surface area contributed by atoms with Gasteiger partial charge in [-0.3, -0.25) is 0 Å². The standard InChI is InChI=1S/C32H42O2/c1-4-6-8-10-24-33-30-20-16-28(17-21-30)32(27-14-12-26(3)13-15-27)29-18-22-31(23-19-29)34-25-11-9-7-5-2/h12-23,32H,4-11,24-25H2,1-3H3. The molecule has 0 bridgehead atoms. The van der Waals surface area contributed by atoms with Crippen LogP contribution in [0.15, 0.2) is 72.8 Å².